The predicted octanol–water partition coefficient (Wildman–Crippen LogP) is 2.42. The van der Waals surface area contributed by atoms with Gasteiger partial charge < -0.3 is 10.4 Å². The smallest absolute Gasteiger partial charge is 0.308 e. The molecule has 1 aliphatic carbocycles. The van der Waals surface area contributed by atoms with E-state index in [9.17, 15) is 4.79 Å². The molecule has 3 nitrogen and oxygen atoms in total. The summed E-state index contributed by atoms with van der Waals surface area (Å²) in [6.45, 7) is 0.759. The zero-order valence-corrected chi connectivity index (χ0v) is 9.93. The van der Waals surface area contributed by atoms with Crippen LogP contribution in [0.15, 0.2) is 30.3 Å². The molecule has 0 saturated heterocycles. The summed E-state index contributed by atoms with van der Waals surface area (Å²) in [6.07, 6.45) is 3.96. The first-order valence-corrected chi connectivity index (χ1v) is 6.27. The van der Waals surface area contributed by atoms with E-state index in [0.717, 1.165) is 32.2 Å². The summed E-state index contributed by atoms with van der Waals surface area (Å²) in [5.74, 6) is -0.872. The molecule has 3 heteroatoms. The van der Waals surface area contributed by atoms with Gasteiger partial charge in [-0.25, -0.2) is 0 Å². The highest BCUT2D eigenvalue weighted by Crippen LogP contribution is 2.24. The second kappa shape index (κ2) is 5.82. The molecule has 0 heterocycles. The van der Waals surface area contributed by atoms with Crippen molar-refractivity contribution in [3.63, 3.8) is 0 Å². The van der Waals surface area contributed by atoms with E-state index in [1.165, 1.54) is 5.56 Å². The van der Waals surface area contributed by atoms with Crippen molar-refractivity contribution in [2.75, 3.05) is 0 Å². The van der Waals surface area contributed by atoms with Crippen molar-refractivity contribution in [3.05, 3.63) is 35.9 Å². The second-order valence-corrected chi connectivity index (χ2v) is 4.70. The Labute approximate surface area is 102 Å². The van der Waals surface area contributed by atoms with Crippen molar-refractivity contribution in [1.82, 2.24) is 5.32 Å². The molecule has 92 valence electrons. The van der Waals surface area contributed by atoms with E-state index in [2.05, 4.69) is 17.4 Å². The number of hydrogen-bond donors (Lipinski definition) is 2. The number of carboxylic acid groups (broad SMARTS) is 1. The van der Waals surface area contributed by atoms with Gasteiger partial charge in [0.1, 0.15) is 0 Å². The number of rotatable bonds is 4. The molecule has 0 aromatic heterocycles. The summed E-state index contributed by atoms with van der Waals surface area (Å²) in [4.78, 5) is 11.1. The standard InChI is InChI=1S/C14H19NO2/c16-14(17)12-8-4-5-9-13(12)15-10-11-6-2-1-3-7-11/h1-3,6-7,12-13,15H,4-5,8-10H2,(H,16,17)/t12-,13+/m1/s1. The maximum atomic E-state index is 11.1. The molecule has 0 aliphatic heterocycles. The van der Waals surface area contributed by atoms with Crippen LogP contribution in [-0.4, -0.2) is 17.1 Å². The maximum Gasteiger partial charge on any atom is 0.308 e. The summed E-state index contributed by atoms with van der Waals surface area (Å²) >= 11 is 0. The zero-order chi connectivity index (χ0) is 12.1. The van der Waals surface area contributed by atoms with E-state index in [1.54, 1.807) is 0 Å². The molecule has 17 heavy (non-hydrogen) atoms. The first kappa shape index (κ1) is 12.1. The fraction of sp³-hybridized carbons (Fsp3) is 0.500. The zero-order valence-electron chi connectivity index (χ0n) is 9.93. The Morgan fingerprint density at radius 3 is 2.65 bits per heavy atom. The molecule has 0 unspecified atom stereocenters. The molecule has 1 aliphatic rings. The van der Waals surface area contributed by atoms with E-state index < -0.39 is 5.97 Å². The molecule has 2 N–H and O–H groups in total. The molecule has 0 bridgehead atoms. The molecule has 0 spiro atoms. The van der Waals surface area contributed by atoms with Gasteiger partial charge in [0.25, 0.3) is 0 Å². The molecule has 0 amide bonds. The summed E-state index contributed by atoms with van der Waals surface area (Å²) in [5, 5.41) is 12.6. The van der Waals surface area contributed by atoms with Crippen LogP contribution in [0.5, 0.6) is 0 Å². The van der Waals surface area contributed by atoms with Crippen molar-refractivity contribution >= 4 is 5.97 Å². The van der Waals surface area contributed by atoms with E-state index in [1.807, 2.05) is 18.2 Å². The Morgan fingerprint density at radius 2 is 1.94 bits per heavy atom. The Hall–Kier alpha value is -1.35. The number of nitrogens with one attached hydrogen (secondary N) is 1. The summed E-state index contributed by atoms with van der Waals surface area (Å²) in [7, 11) is 0. The van der Waals surface area contributed by atoms with Crippen LogP contribution in [0, 0.1) is 5.92 Å². The molecule has 1 saturated carbocycles. The van der Waals surface area contributed by atoms with Crippen molar-refractivity contribution in [2.24, 2.45) is 5.92 Å². The average molecular weight is 233 g/mol. The minimum absolute atomic E-state index is 0.126. The lowest BCUT2D eigenvalue weighted by Gasteiger charge is -2.29. The fourth-order valence-electron chi connectivity index (χ4n) is 2.52. The van der Waals surface area contributed by atoms with E-state index in [0.29, 0.717) is 0 Å². The highest BCUT2D eigenvalue weighted by Gasteiger charge is 2.30. The summed E-state index contributed by atoms with van der Waals surface area (Å²) in [5.41, 5.74) is 1.21. The lowest BCUT2D eigenvalue weighted by atomic mass is 9.84. The number of benzene rings is 1. The van der Waals surface area contributed by atoms with Gasteiger partial charge in [-0.15, -0.1) is 0 Å². The SMILES string of the molecule is O=C(O)[C@@H]1CCCC[C@@H]1NCc1ccccc1. The van der Waals surface area contributed by atoms with Crippen molar-refractivity contribution < 1.29 is 9.90 Å². The quantitative estimate of drug-likeness (QED) is 0.839. The molecular formula is C14H19NO2. The van der Waals surface area contributed by atoms with Crippen LogP contribution >= 0.6 is 0 Å². The number of hydrogen-bond acceptors (Lipinski definition) is 2. The maximum absolute atomic E-state index is 11.1. The van der Waals surface area contributed by atoms with Gasteiger partial charge in [-0.2, -0.15) is 0 Å². The van der Waals surface area contributed by atoms with E-state index in [4.69, 9.17) is 5.11 Å². The minimum Gasteiger partial charge on any atom is -0.481 e. The van der Waals surface area contributed by atoms with Crippen LogP contribution in [0.2, 0.25) is 0 Å². The first-order valence-electron chi connectivity index (χ1n) is 6.27. The molecule has 1 fully saturated rings. The minimum atomic E-state index is -0.657. The monoisotopic (exact) mass is 233 g/mol. The third-order valence-corrected chi connectivity index (χ3v) is 3.49. The van der Waals surface area contributed by atoms with Gasteiger partial charge in [0.2, 0.25) is 0 Å². The summed E-state index contributed by atoms with van der Waals surface area (Å²) < 4.78 is 0. The lowest BCUT2D eigenvalue weighted by Crippen LogP contribution is -2.41. The molecule has 2 rings (SSSR count). The van der Waals surface area contributed by atoms with Crippen molar-refractivity contribution in [1.29, 1.82) is 0 Å². The Kier molecular flexibility index (Phi) is 4.15. The van der Waals surface area contributed by atoms with E-state index >= 15 is 0 Å². The molecular weight excluding hydrogens is 214 g/mol. The third-order valence-electron chi connectivity index (χ3n) is 3.49. The first-order chi connectivity index (χ1) is 8.27. The second-order valence-electron chi connectivity index (χ2n) is 4.70. The van der Waals surface area contributed by atoms with Crippen LogP contribution < -0.4 is 5.32 Å². The predicted molar refractivity (Wildman–Crippen MR) is 66.7 cm³/mol. The van der Waals surface area contributed by atoms with Gasteiger partial charge in [0.15, 0.2) is 0 Å². The highest BCUT2D eigenvalue weighted by molar-refractivity contribution is 5.71. The Balaban J connectivity index is 1.90. The van der Waals surface area contributed by atoms with Gasteiger partial charge in [-0.05, 0) is 18.4 Å². The van der Waals surface area contributed by atoms with Crippen LogP contribution in [0.25, 0.3) is 0 Å². The van der Waals surface area contributed by atoms with Crippen LogP contribution in [0.4, 0.5) is 0 Å². The van der Waals surface area contributed by atoms with Crippen molar-refractivity contribution in [3.8, 4) is 0 Å². The Morgan fingerprint density at radius 1 is 1.24 bits per heavy atom. The Bertz CT molecular complexity index is 364. The van der Waals surface area contributed by atoms with Crippen LogP contribution in [0.1, 0.15) is 31.2 Å². The third kappa shape index (κ3) is 3.30. The van der Waals surface area contributed by atoms with Gasteiger partial charge in [0, 0.05) is 12.6 Å². The van der Waals surface area contributed by atoms with Gasteiger partial charge in [-0.1, -0.05) is 43.2 Å². The van der Waals surface area contributed by atoms with E-state index in [-0.39, 0.29) is 12.0 Å². The van der Waals surface area contributed by atoms with Gasteiger partial charge >= 0.3 is 5.97 Å². The van der Waals surface area contributed by atoms with Gasteiger partial charge in [0.05, 0.1) is 5.92 Å². The van der Waals surface area contributed by atoms with Crippen molar-refractivity contribution in [2.45, 2.75) is 38.3 Å². The number of carboxylic acids is 1. The van der Waals surface area contributed by atoms with Crippen LogP contribution in [0.3, 0.4) is 0 Å². The molecule has 1 aromatic carbocycles. The average Bonchev–Trinajstić information content (AvgIpc) is 2.38. The fourth-order valence-corrected chi connectivity index (χ4v) is 2.52. The number of carbonyl (C=O) groups is 1. The molecule has 0 radical (unpaired) electrons. The summed E-state index contributed by atoms with van der Waals surface area (Å²) in [6, 6.07) is 10.3. The van der Waals surface area contributed by atoms with Gasteiger partial charge in [-0.3, -0.25) is 4.79 Å². The number of aliphatic carboxylic acids is 1. The lowest BCUT2D eigenvalue weighted by molar-refractivity contribution is -0.143. The molecule has 1 aromatic rings. The largest absolute Gasteiger partial charge is 0.481 e. The topological polar surface area (TPSA) is 49.3 Å². The highest BCUT2D eigenvalue weighted by atomic mass is 16.4. The normalized spacial score (nSPS) is 24.5. The van der Waals surface area contributed by atoms with Crippen LogP contribution in [-0.2, 0) is 11.3 Å². The molecule has 2 atom stereocenters.